The summed E-state index contributed by atoms with van der Waals surface area (Å²) in [6.45, 7) is 1.07. The molecule has 1 aliphatic heterocycles. The zero-order valence-corrected chi connectivity index (χ0v) is 7.36. The summed E-state index contributed by atoms with van der Waals surface area (Å²) in [6, 6.07) is 0. The summed E-state index contributed by atoms with van der Waals surface area (Å²) in [5.41, 5.74) is 0. The first-order valence-electron chi connectivity index (χ1n) is 4.19. The van der Waals surface area contributed by atoms with E-state index in [1.54, 1.807) is 0 Å². The van der Waals surface area contributed by atoms with Crippen molar-refractivity contribution in [3.63, 3.8) is 0 Å². The molecule has 2 N–H and O–H groups in total. The molecule has 7 nitrogen and oxygen atoms in total. The Balaban J connectivity index is 2.08. The summed E-state index contributed by atoms with van der Waals surface area (Å²) < 4.78 is 0. The molecule has 74 valence electrons. The van der Waals surface area contributed by atoms with Gasteiger partial charge >= 0.3 is 0 Å². The Morgan fingerprint density at radius 3 is 3.07 bits per heavy atom. The van der Waals surface area contributed by atoms with E-state index < -0.39 is 0 Å². The maximum Gasteiger partial charge on any atom is 0.291 e. The minimum atomic E-state index is -0.294. The summed E-state index contributed by atoms with van der Waals surface area (Å²) in [4.78, 5) is 27.8. The van der Waals surface area contributed by atoms with E-state index in [9.17, 15) is 9.59 Å². The number of carbonyl (C=O) groups is 2. The van der Waals surface area contributed by atoms with Gasteiger partial charge in [-0.25, -0.2) is 4.98 Å². The summed E-state index contributed by atoms with van der Waals surface area (Å²) in [7, 11) is 0. The average Bonchev–Trinajstić information content (AvgIpc) is 2.69. The van der Waals surface area contributed by atoms with Crippen LogP contribution in [0.25, 0.3) is 0 Å². The average molecular weight is 195 g/mol. The molecule has 0 aromatic carbocycles. The molecule has 0 unspecified atom stereocenters. The molecule has 1 aromatic rings. The molecule has 2 rings (SSSR count). The van der Waals surface area contributed by atoms with E-state index in [0.29, 0.717) is 13.1 Å². The topological polar surface area (TPSA) is 91.0 Å². The van der Waals surface area contributed by atoms with Crippen molar-refractivity contribution in [2.75, 3.05) is 19.6 Å². The third-order valence-electron chi connectivity index (χ3n) is 1.94. The highest BCUT2D eigenvalue weighted by Crippen LogP contribution is 1.99. The van der Waals surface area contributed by atoms with Crippen molar-refractivity contribution in [3.05, 3.63) is 12.2 Å². The Labute approximate surface area is 79.5 Å². The lowest BCUT2D eigenvalue weighted by Crippen LogP contribution is -2.50. The molecule has 0 spiro atoms. The predicted molar refractivity (Wildman–Crippen MR) is 45.3 cm³/mol. The summed E-state index contributed by atoms with van der Waals surface area (Å²) in [6.07, 6.45) is 1.26. The summed E-state index contributed by atoms with van der Waals surface area (Å²) >= 11 is 0. The van der Waals surface area contributed by atoms with E-state index in [4.69, 9.17) is 0 Å². The summed E-state index contributed by atoms with van der Waals surface area (Å²) in [5.74, 6) is -0.277. The minimum absolute atomic E-state index is 0.0829. The maximum absolute atomic E-state index is 11.6. The highest BCUT2D eigenvalue weighted by molar-refractivity contribution is 5.93. The number of carbonyl (C=O) groups excluding carboxylic acids is 2. The van der Waals surface area contributed by atoms with Gasteiger partial charge in [0.15, 0.2) is 0 Å². The Kier molecular flexibility index (Phi) is 2.13. The standard InChI is InChI=1S/C7H9N5O2/c13-5-3-12(2-1-8-5)7(14)6-9-4-10-11-6/h4H,1-3H2,(H,8,13)(H,9,10,11). The van der Waals surface area contributed by atoms with Gasteiger partial charge in [-0.15, -0.1) is 0 Å². The van der Waals surface area contributed by atoms with Gasteiger partial charge < -0.3 is 10.2 Å². The molecule has 2 amide bonds. The van der Waals surface area contributed by atoms with Gasteiger partial charge in [-0.3, -0.25) is 14.7 Å². The lowest BCUT2D eigenvalue weighted by molar-refractivity contribution is -0.123. The van der Waals surface area contributed by atoms with Crippen LogP contribution in [0.1, 0.15) is 10.6 Å². The fraction of sp³-hybridized carbons (Fsp3) is 0.429. The Morgan fingerprint density at radius 2 is 2.43 bits per heavy atom. The molecule has 0 saturated carbocycles. The second-order valence-electron chi connectivity index (χ2n) is 2.91. The number of hydrogen-bond acceptors (Lipinski definition) is 4. The summed E-state index contributed by atoms with van der Waals surface area (Å²) in [5, 5.41) is 8.67. The van der Waals surface area contributed by atoms with E-state index in [1.165, 1.54) is 11.2 Å². The van der Waals surface area contributed by atoms with Gasteiger partial charge in [0.1, 0.15) is 12.9 Å². The quantitative estimate of drug-likeness (QED) is 0.563. The van der Waals surface area contributed by atoms with Crippen molar-refractivity contribution in [3.8, 4) is 0 Å². The number of piperazine rings is 1. The van der Waals surface area contributed by atoms with Gasteiger partial charge in [0.2, 0.25) is 11.7 Å². The first-order valence-corrected chi connectivity index (χ1v) is 4.19. The molecular formula is C7H9N5O2. The van der Waals surface area contributed by atoms with Crippen LogP contribution in [0.15, 0.2) is 6.33 Å². The van der Waals surface area contributed by atoms with Gasteiger partial charge in [-0.05, 0) is 0 Å². The second-order valence-corrected chi connectivity index (χ2v) is 2.91. The van der Waals surface area contributed by atoms with Crippen LogP contribution in [0.3, 0.4) is 0 Å². The molecule has 1 aromatic heterocycles. The zero-order valence-electron chi connectivity index (χ0n) is 7.36. The molecule has 14 heavy (non-hydrogen) atoms. The molecule has 1 aliphatic rings. The van der Waals surface area contributed by atoms with E-state index >= 15 is 0 Å². The third kappa shape index (κ3) is 1.56. The minimum Gasteiger partial charge on any atom is -0.353 e. The highest BCUT2D eigenvalue weighted by atomic mass is 16.2. The normalized spacial score (nSPS) is 16.6. The zero-order chi connectivity index (χ0) is 9.97. The van der Waals surface area contributed by atoms with E-state index in [1.807, 2.05) is 0 Å². The molecule has 1 saturated heterocycles. The van der Waals surface area contributed by atoms with Crippen LogP contribution in [0.4, 0.5) is 0 Å². The van der Waals surface area contributed by atoms with E-state index in [2.05, 4.69) is 20.5 Å². The maximum atomic E-state index is 11.6. The number of H-pyrrole nitrogens is 1. The molecular weight excluding hydrogens is 186 g/mol. The number of aromatic nitrogens is 3. The smallest absolute Gasteiger partial charge is 0.291 e. The Bertz CT molecular complexity index is 347. The van der Waals surface area contributed by atoms with Crippen LogP contribution < -0.4 is 5.32 Å². The van der Waals surface area contributed by atoms with Crippen molar-refractivity contribution in [1.29, 1.82) is 0 Å². The number of nitrogens with zero attached hydrogens (tertiary/aromatic N) is 3. The van der Waals surface area contributed by atoms with Crippen LogP contribution in [0.5, 0.6) is 0 Å². The van der Waals surface area contributed by atoms with Gasteiger partial charge in [-0.1, -0.05) is 0 Å². The van der Waals surface area contributed by atoms with Crippen molar-refractivity contribution in [2.45, 2.75) is 0 Å². The first kappa shape index (κ1) is 8.67. The number of nitrogens with one attached hydrogen (secondary N) is 2. The van der Waals surface area contributed by atoms with Gasteiger partial charge in [0, 0.05) is 13.1 Å². The van der Waals surface area contributed by atoms with Gasteiger partial charge in [-0.2, -0.15) is 5.10 Å². The van der Waals surface area contributed by atoms with Crippen molar-refractivity contribution in [2.24, 2.45) is 0 Å². The highest BCUT2D eigenvalue weighted by Gasteiger charge is 2.23. The van der Waals surface area contributed by atoms with Crippen LogP contribution in [-0.2, 0) is 4.79 Å². The van der Waals surface area contributed by atoms with Crippen LogP contribution in [0, 0.1) is 0 Å². The fourth-order valence-corrected chi connectivity index (χ4v) is 1.27. The van der Waals surface area contributed by atoms with Gasteiger partial charge in [0.05, 0.1) is 0 Å². The van der Waals surface area contributed by atoms with E-state index in [-0.39, 0.29) is 24.2 Å². The van der Waals surface area contributed by atoms with Gasteiger partial charge in [0.25, 0.3) is 5.91 Å². The largest absolute Gasteiger partial charge is 0.353 e. The van der Waals surface area contributed by atoms with Crippen LogP contribution in [-0.4, -0.2) is 51.5 Å². The molecule has 2 heterocycles. The van der Waals surface area contributed by atoms with Crippen LogP contribution in [0.2, 0.25) is 0 Å². The van der Waals surface area contributed by atoms with Crippen LogP contribution >= 0.6 is 0 Å². The third-order valence-corrected chi connectivity index (χ3v) is 1.94. The number of amides is 2. The SMILES string of the molecule is O=C1CN(C(=O)c2ncn[nH]2)CCN1. The molecule has 0 radical (unpaired) electrons. The Morgan fingerprint density at radius 1 is 1.57 bits per heavy atom. The van der Waals surface area contributed by atoms with Crippen molar-refractivity contribution < 1.29 is 9.59 Å². The molecule has 0 bridgehead atoms. The van der Waals surface area contributed by atoms with E-state index in [0.717, 1.165) is 0 Å². The lowest BCUT2D eigenvalue weighted by atomic mass is 10.3. The first-order chi connectivity index (χ1) is 6.77. The fourth-order valence-electron chi connectivity index (χ4n) is 1.27. The molecule has 0 atom stereocenters. The molecule has 0 aliphatic carbocycles. The number of hydrogen-bond donors (Lipinski definition) is 2. The van der Waals surface area contributed by atoms with Crippen molar-refractivity contribution in [1.82, 2.24) is 25.4 Å². The number of aromatic amines is 1. The van der Waals surface area contributed by atoms with Crippen molar-refractivity contribution >= 4 is 11.8 Å². The molecule has 7 heteroatoms. The lowest BCUT2D eigenvalue weighted by Gasteiger charge is -2.25. The monoisotopic (exact) mass is 195 g/mol. The predicted octanol–water partition coefficient (Wildman–Crippen LogP) is -1.62. The molecule has 1 fully saturated rings. The Hall–Kier alpha value is -1.92. The number of rotatable bonds is 1. The second kappa shape index (κ2) is 3.44.